The molecule has 1 aliphatic carbocycles. The van der Waals surface area contributed by atoms with Crippen molar-refractivity contribution in [3.05, 3.63) is 75.4 Å². The zero-order valence-corrected chi connectivity index (χ0v) is 36.2. The number of carbonyl (C=O) groups is 4. The number of methoxy groups -OCH3 is 3. The number of fused-ring (bicyclic) bond motifs is 3. The minimum Gasteiger partial charge on any atom is -0.504 e. The van der Waals surface area contributed by atoms with Gasteiger partial charge in [-0.05, 0) is 84.1 Å². The van der Waals surface area contributed by atoms with Crippen LogP contribution in [0.4, 0.5) is 5.69 Å². The number of aromatic hydroxyl groups is 1. The summed E-state index contributed by atoms with van der Waals surface area (Å²) in [6.45, 7) is -0.147. The van der Waals surface area contributed by atoms with Crippen molar-refractivity contribution in [3.8, 4) is 34.1 Å². The van der Waals surface area contributed by atoms with E-state index in [1.54, 1.807) is 37.8 Å². The highest BCUT2D eigenvalue weighted by Crippen LogP contribution is 2.50. The summed E-state index contributed by atoms with van der Waals surface area (Å²) >= 11 is 5.79. The van der Waals surface area contributed by atoms with Gasteiger partial charge in [-0.3, -0.25) is 43.6 Å². The number of anilines is 1. The molecule has 19 nitrogen and oxygen atoms in total. The first-order chi connectivity index (χ1) is 30.1. The van der Waals surface area contributed by atoms with Gasteiger partial charge in [-0.2, -0.15) is 0 Å². The molecule has 1 fully saturated rings. The van der Waals surface area contributed by atoms with E-state index in [0.717, 1.165) is 11.1 Å². The number of aliphatic carboxylic acids is 4. The van der Waals surface area contributed by atoms with Crippen molar-refractivity contribution in [1.82, 2.24) is 24.9 Å². The molecule has 2 aliphatic rings. The van der Waals surface area contributed by atoms with Gasteiger partial charge >= 0.3 is 23.9 Å². The van der Waals surface area contributed by atoms with Crippen molar-refractivity contribution >= 4 is 46.9 Å². The Morgan fingerprint density at radius 2 is 1.30 bits per heavy atom. The molecule has 1 unspecified atom stereocenters. The van der Waals surface area contributed by atoms with E-state index in [9.17, 15) is 49.5 Å². The normalized spacial score (nSPS) is 18.0. The molecule has 1 aliphatic heterocycles. The smallest absolute Gasteiger partial charge is 0.317 e. The number of nitrogens with one attached hydrogen (secondary N) is 2. The van der Waals surface area contributed by atoms with Crippen LogP contribution in [-0.2, 0) is 32.0 Å². The van der Waals surface area contributed by atoms with Gasteiger partial charge in [0.2, 0.25) is 11.2 Å². The number of ether oxygens (including phenoxy) is 3. The zero-order valence-electron chi connectivity index (χ0n) is 35.4. The lowest BCUT2D eigenvalue weighted by Gasteiger charge is -2.37. The Labute approximate surface area is 369 Å². The summed E-state index contributed by atoms with van der Waals surface area (Å²) in [5.74, 6) is -3.53. The van der Waals surface area contributed by atoms with E-state index in [4.69, 9.17) is 26.4 Å². The Kier molecular flexibility index (Phi) is 17.0. The Balaban J connectivity index is 1.39. The van der Waals surface area contributed by atoms with Gasteiger partial charge in [0.15, 0.2) is 22.4 Å². The number of thiocarbonyl (C=S) groups is 1. The molecule has 3 aromatic carbocycles. The predicted molar refractivity (Wildman–Crippen MR) is 235 cm³/mol. The maximum absolute atomic E-state index is 13.0. The molecule has 0 amide bonds. The molecule has 340 valence electrons. The van der Waals surface area contributed by atoms with Gasteiger partial charge in [-0.15, -0.1) is 0 Å². The maximum Gasteiger partial charge on any atom is 0.317 e. The van der Waals surface area contributed by atoms with E-state index in [0.29, 0.717) is 58.9 Å². The molecule has 0 radical (unpaired) electrons. The van der Waals surface area contributed by atoms with Crippen LogP contribution in [0.2, 0.25) is 0 Å². The third-order valence-electron chi connectivity index (χ3n) is 11.1. The second kappa shape index (κ2) is 22.3. The van der Waals surface area contributed by atoms with E-state index in [-0.39, 0.29) is 77.1 Å². The summed E-state index contributed by atoms with van der Waals surface area (Å²) in [4.78, 5) is 67.2. The summed E-state index contributed by atoms with van der Waals surface area (Å²) in [7, 11) is 4.55. The van der Waals surface area contributed by atoms with Gasteiger partial charge in [-0.1, -0.05) is 18.2 Å². The van der Waals surface area contributed by atoms with Crippen LogP contribution < -0.4 is 30.3 Å². The van der Waals surface area contributed by atoms with Crippen LogP contribution in [0.15, 0.2) is 53.3 Å². The lowest BCUT2D eigenvalue weighted by Crippen LogP contribution is -2.53. The average molecular weight is 895 g/mol. The molecule has 2 atom stereocenters. The molecule has 1 heterocycles. The number of hydrogen-bond donors (Lipinski definition) is 7. The highest BCUT2D eigenvalue weighted by Gasteiger charge is 2.31. The number of benzene rings is 2. The standard InChI is InChI=1S/C43H54N6O13S/c1-60-35-19-27-6-10-32(31-20-34(51)33(50)11-9-30(31)40(27)42(62-3)41(35)61-2)45-43(63)44-28-7-4-26(5-8-28)18-29-21-48(24-38(56)57)15-14-46(22-36(52)53)12-13-47(23-37(54)55)16-17-49(29)25-39(58)59/h4-5,7-9,11,19-20,29,32H,6,10,12-18,21-25H2,1-3H3,(H,50,51)(H,52,53)(H,54,55)(H,56,57)(H,58,59)(H2,44,45,63)/t29?,32-/m0/s1. The van der Waals surface area contributed by atoms with Gasteiger partial charge in [0.05, 0.1) is 53.6 Å². The fourth-order valence-corrected chi connectivity index (χ4v) is 8.39. The fourth-order valence-electron chi connectivity index (χ4n) is 8.13. The van der Waals surface area contributed by atoms with Gasteiger partial charge in [-0.25, -0.2) is 0 Å². The van der Waals surface area contributed by atoms with Crippen LogP contribution in [0.1, 0.15) is 29.2 Å². The van der Waals surface area contributed by atoms with E-state index in [2.05, 4.69) is 10.6 Å². The molecule has 3 aromatic rings. The minimum atomic E-state index is -1.11. The molecular formula is C43H54N6O13S. The molecule has 0 spiro atoms. The Morgan fingerprint density at radius 1 is 0.730 bits per heavy atom. The van der Waals surface area contributed by atoms with Crippen LogP contribution in [0.5, 0.6) is 23.0 Å². The molecule has 7 N–H and O–H groups in total. The van der Waals surface area contributed by atoms with Crippen LogP contribution in [0, 0.1) is 0 Å². The monoisotopic (exact) mass is 894 g/mol. The second-order valence-corrected chi connectivity index (χ2v) is 15.8. The third kappa shape index (κ3) is 13.2. The Hall–Kier alpha value is -6.06. The number of rotatable bonds is 15. The Morgan fingerprint density at radius 3 is 1.87 bits per heavy atom. The SMILES string of the molecule is COc1cc2c(c(OC)c1OC)-c1ccc(O)c(=O)cc1[C@@H](NC(=S)Nc1ccc(CC3CN(CC(=O)O)CCN(CC(=O)O)CCN(CC(=O)O)CCN3CC(=O)O)cc1)CC2. The number of aryl methyl sites for hydroxylation is 1. The molecule has 20 heteroatoms. The maximum atomic E-state index is 13.0. The van der Waals surface area contributed by atoms with E-state index < -0.39 is 47.1 Å². The van der Waals surface area contributed by atoms with Crippen molar-refractivity contribution in [2.45, 2.75) is 31.3 Å². The molecule has 1 saturated heterocycles. The first-order valence-corrected chi connectivity index (χ1v) is 20.6. The van der Waals surface area contributed by atoms with E-state index in [1.165, 1.54) is 33.5 Å². The summed E-state index contributed by atoms with van der Waals surface area (Å²) < 4.78 is 17.1. The highest BCUT2D eigenvalue weighted by molar-refractivity contribution is 7.80. The van der Waals surface area contributed by atoms with E-state index in [1.807, 2.05) is 18.2 Å². The molecule has 0 saturated carbocycles. The van der Waals surface area contributed by atoms with Crippen molar-refractivity contribution in [3.63, 3.8) is 0 Å². The summed E-state index contributed by atoms with van der Waals surface area (Å²) in [6, 6.07) is 12.5. The minimum absolute atomic E-state index is 0.131. The van der Waals surface area contributed by atoms with Crippen molar-refractivity contribution in [2.24, 2.45) is 0 Å². The van der Waals surface area contributed by atoms with Crippen molar-refractivity contribution < 1.29 is 58.9 Å². The lowest BCUT2D eigenvalue weighted by atomic mass is 9.95. The highest BCUT2D eigenvalue weighted by atomic mass is 32.1. The van der Waals surface area contributed by atoms with Gasteiger partial charge in [0.1, 0.15) is 0 Å². The topological polar surface area (TPSA) is 251 Å². The first-order valence-electron chi connectivity index (χ1n) is 20.2. The fraction of sp³-hybridized carbons (Fsp3) is 0.442. The van der Waals surface area contributed by atoms with Crippen LogP contribution in [-0.4, -0.2) is 173 Å². The van der Waals surface area contributed by atoms with Crippen LogP contribution in [0.25, 0.3) is 11.1 Å². The number of carboxylic acids is 4. The number of nitrogens with zero attached hydrogens (tertiary/aromatic N) is 4. The second-order valence-electron chi connectivity index (χ2n) is 15.4. The summed E-state index contributed by atoms with van der Waals surface area (Å²) in [6.07, 6.45) is 1.31. The molecular weight excluding hydrogens is 841 g/mol. The molecule has 5 rings (SSSR count). The number of hydrogen-bond acceptors (Lipinski definition) is 14. The van der Waals surface area contributed by atoms with E-state index >= 15 is 0 Å². The first kappa shape index (κ1) is 48.0. The van der Waals surface area contributed by atoms with Crippen molar-refractivity contribution in [1.29, 1.82) is 0 Å². The summed E-state index contributed by atoms with van der Waals surface area (Å²) in [5, 5.41) is 56.1. The molecule has 63 heavy (non-hydrogen) atoms. The molecule has 0 aromatic heterocycles. The largest absolute Gasteiger partial charge is 0.504 e. The van der Waals surface area contributed by atoms with Crippen LogP contribution in [0.3, 0.4) is 0 Å². The summed E-state index contributed by atoms with van der Waals surface area (Å²) in [5.41, 5.74) is 3.59. The van der Waals surface area contributed by atoms with Crippen molar-refractivity contribution in [2.75, 3.05) is 98.6 Å². The average Bonchev–Trinajstić information content (AvgIpc) is 3.45. The van der Waals surface area contributed by atoms with Crippen LogP contribution >= 0.6 is 12.2 Å². The molecule has 0 bridgehead atoms. The predicted octanol–water partition coefficient (Wildman–Crippen LogP) is 1.89. The lowest BCUT2D eigenvalue weighted by molar-refractivity contribution is -0.142. The van der Waals surface area contributed by atoms with Gasteiger partial charge in [0, 0.05) is 63.1 Å². The van der Waals surface area contributed by atoms with Gasteiger partial charge < -0.3 is 50.4 Å². The quantitative estimate of drug-likeness (QED) is 0.108. The third-order valence-corrected chi connectivity index (χ3v) is 11.3. The number of carboxylic acid groups (broad SMARTS) is 4. The Bertz CT molecular complexity index is 2210. The zero-order chi connectivity index (χ0) is 45.8. The van der Waals surface area contributed by atoms with Gasteiger partial charge in [0.25, 0.3) is 0 Å².